The van der Waals surface area contributed by atoms with E-state index in [4.69, 9.17) is 0 Å². The van der Waals surface area contributed by atoms with Crippen molar-refractivity contribution in [3.63, 3.8) is 0 Å². The summed E-state index contributed by atoms with van der Waals surface area (Å²) in [5.74, 6) is -0.601. The van der Waals surface area contributed by atoms with Gasteiger partial charge in [-0.2, -0.15) is 0 Å². The van der Waals surface area contributed by atoms with Crippen LogP contribution >= 0.6 is 0 Å². The number of amides is 2. The maximum atomic E-state index is 10.9. The molecule has 1 heterocycles. The predicted molar refractivity (Wildman–Crippen MR) is 99.7 cm³/mol. The maximum Gasteiger partial charge on any atom is 0.258 e. The van der Waals surface area contributed by atoms with Crippen molar-refractivity contribution in [2.24, 2.45) is 0 Å². The molecular weight excluding hydrogens is 310 g/mol. The molecule has 0 fully saturated rings. The van der Waals surface area contributed by atoms with E-state index in [9.17, 15) is 9.59 Å². The first-order chi connectivity index (χ1) is 12.2. The summed E-state index contributed by atoms with van der Waals surface area (Å²) in [5, 5.41) is 7.50. The maximum absolute atomic E-state index is 10.9. The van der Waals surface area contributed by atoms with Crippen LogP contribution in [0.4, 0.5) is 0 Å². The molecule has 0 unspecified atom stereocenters. The smallest absolute Gasteiger partial charge is 0.258 e. The number of carbonyl (C=O) groups excluding carboxylic acids is 2. The van der Waals surface area contributed by atoms with Gasteiger partial charge in [-0.1, -0.05) is 72.8 Å². The number of benzene rings is 4. The van der Waals surface area contributed by atoms with Crippen LogP contribution in [-0.4, -0.2) is 11.8 Å². The van der Waals surface area contributed by atoms with E-state index < -0.39 is 0 Å². The van der Waals surface area contributed by atoms with Gasteiger partial charge in [-0.05, 0) is 33.7 Å². The summed E-state index contributed by atoms with van der Waals surface area (Å²) in [7, 11) is 0. The van der Waals surface area contributed by atoms with E-state index in [-0.39, 0.29) is 11.8 Å². The van der Waals surface area contributed by atoms with Gasteiger partial charge >= 0.3 is 0 Å². The number of rotatable bonds is 0. The van der Waals surface area contributed by atoms with Crippen LogP contribution in [0.1, 0.15) is 20.7 Å². The number of hydrogen-bond donors (Lipinski definition) is 1. The molecule has 5 rings (SSSR count). The van der Waals surface area contributed by atoms with Crippen LogP contribution in [-0.2, 0) is 0 Å². The highest BCUT2D eigenvalue weighted by Crippen LogP contribution is 2.24. The molecule has 0 atom stereocenters. The average Bonchev–Trinajstić information content (AvgIpc) is 2.97. The van der Waals surface area contributed by atoms with Gasteiger partial charge in [0.25, 0.3) is 11.8 Å². The SMILES string of the molecule is O=C1NC(=O)c2ccccc21.c1ccc2c(c1)ccc1ccccc12. The van der Waals surface area contributed by atoms with E-state index in [0.717, 1.165) is 0 Å². The monoisotopic (exact) mass is 325 g/mol. The van der Waals surface area contributed by atoms with Crippen molar-refractivity contribution in [3.8, 4) is 0 Å². The summed E-state index contributed by atoms with van der Waals surface area (Å²) in [4.78, 5) is 21.9. The minimum absolute atomic E-state index is 0.300. The Morgan fingerprint density at radius 2 is 0.880 bits per heavy atom. The molecule has 25 heavy (non-hydrogen) atoms. The summed E-state index contributed by atoms with van der Waals surface area (Å²) in [6, 6.07) is 28.1. The Labute approximate surface area is 144 Å². The first-order valence-corrected chi connectivity index (χ1v) is 8.05. The standard InChI is InChI=1S/C14H10.C8H5NO2/c1-3-7-13-11(5-1)9-10-12-6-2-4-8-14(12)13;10-7-5-3-1-2-4-6(5)8(11)9-7/h1-10H;1-4H,(H,9,10,11). The molecule has 1 aliphatic heterocycles. The summed E-state index contributed by atoms with van der Waals surface area (Å²) in [6.45, 7) is 0. The highest BCUT2D eigenvalue weighted by Gasteiger charge is 2.25. The van der Waals surface area contributed by atoms with E-state index in [1.807, 2.05) is 0 Å². The topological polar surface area (TPSA) is 46.2 Å². The molecule has 3 heteroatoms. The number of nitrogens with one attached hydrogen (secondary N) is 1. The molecule has 0 aliphatic carbocycles. The molecule has 0 aromatic heterocycles. The van der Waals surface area contributed by atoms with Crippen LogP contribution in [0.15, 0.2) is 84.9 Å². The van der Waals surface area contributed by atoms with Crippen molar-refractivity contribution >= 4 is 33.4 Å². The number of imide groups is 1. The third-order valence-corrected chi connectivity index (χ3v) is 4.30. The first-order valence-electron chi connectivity index (χ1n) is 8.05. The van der Waals surface area contributed by atoms with Crippen molar-refractivity contribution in [2.75, 3.05) is 0 Å². The van der Waals surface area contributed by atoms with Crippen LogP contribution in [0.3, 0.4) is 0 Å². The van der Waals surface area contributed by atoms with Gasteiger partial charge in [0.05, 0.1) is 11.1 Å². The molecule has 2 amide bonds. The lowest BCUT2D eigenvalue weighted by Crippen LogP contribution is -2.19. The predicted octanol–water partition coefficient (Wildman–Crippen LogP) is 4.56. The first kappa shape index (κ1) is 15.1. The minimum atomic E-state index is -0.300. The Bertz CT molecular complexity index is 1030. The van der Waals surface area contributed by atoms with Gasteiger partial charge in [-0.3, -0.25) is 14.9 Å². The fraction of sp³-hybridized carbons (Fsp3) is 0. The minimum Gasteiger partial charge on any atom is -0.288 e. The van der Waals surface area contributed by atoms with Crippen LogP contribution in [0, 0.1) is 0 Å². The van der Waals surface area contributed by atoms with E-state index in [2.05, 4.69) is 66.0 Å². The summed E-state index contributed by atoms with van der Waals surface area (Å²) in [5.41, 5.74) is 0.940. The van der Waals surface area contributed by atoms with Gasteiger partial charge in [-0.15, -0.1) is 0 Å². The third kappa shape index (κ3) is 2.76. The molecule has 0 bridgehead atoms. The Morgan fingerprint density at radius 1 is 0.480 bits per heavy atom. The Balaban J connectivity index is 0.000000129. The van der Waals surface area contributed by atoms with E-state index in [1.165, 1.54) is 21.5 Å². The molecule has 4 aromatic rings. The Morgan fingerprint density at radius 3 is 1.36 bits per heavy atom. The van der Waals surface area contributed by atoms with Crippen LogP contribution in [0.2, 0.25) is 0 Å². The third-order valence-electron chi connectivity index (χ3n) is 4.30. The van der Waals surface area contributed by atoms with E-state index >= 15 is 0 Å². The van der Waals surface area contributed by atoms with Crippen molar-refractivity contribution in [2.45, 2.75) is 0 Å². The molecule has 120 valence electrons. The lowest BCUT2D eigenvalue weighted by Gasteiger charge is -2.02. The average molecular weight is 325 g/mol. The summed E-state index contributed by atoms with van der Waals surface area (Å²) < 4.78 is 0. The molecule has 1 aliphatic rings. The van der Waals surface area contributed by atoms with E-state index in [0.29, 0.717) is 11.1 Å². The van der Waals surface area contributed by atoms with Gasteiger partial charge in [0.15, 0.2) is 0 Å². The number of hydrogen-bond acceptors (Lipinski definition) is 2. The summed E-state index contributed by atoms with van der Waals surface area (Å²) in [6.07, 6.45) is 0. The van der Waals surface area contributed by atoms with Gasteiger partial charge in [-0.25, -0.2) is 0 Å². The molecular formula is C22H15NO2. The van der Waals surface area contributed by atoms with Gasteiger partial charge in [0.2, 0.25) is 0 Å². The molecule has 4 aromatic carbocycles. The highest BCUT2D eigenvalue weighted by molar-refractivity contribution is 6.21. The second-order valence-corrected chi connectivity index (χ2v) is 5.84. The van der Waals surface area contributed by atoms with Crippen molar-refractivity contribution in [1.82, 2.24) is 5.32 Å². The second kappa shape index (κ2) is 6.21. The fourth-order valence-electron chi connectivity index (χ4n) is 3.07. The highest BCUT2D eigenvalue weighted by atomic mass is 16.2. The molecule has 0 saturated heterocycles. The molecule has 3 nitrogen and oxygen atoms in total. The van der Waals surface area contributed by atoms with Crippen molar-refractivity contribution < 1.29 is 9.59 Å². The second-order valence-electron chi connectivity index (χ2n) is 5.84. The summed E-state index contributed by atoms with van der Waals surface area (Å²) >= 11 is 0. The van der Waals surface area contributed by atoms with Crippen LogP contribution in [0.5, 0.6) is 0 Å². The van der Waals surface area contributed by atoms with Crippen molar-refractivity contribution in [1.29, 1.82) is 0 Å². The quantitative estimate of drug-likeness (QED) is 0.380. The Hall–Kier alpha value is -3.46. The zero-order chi connectivity index (χ0) is 17.2. The van der Waals surface area contributed by atoms with Gasteiger partial charge < -0.3 is 0 Å². The fourth-order valence-corrected chi connectivity index (χ4v) is 3.07. The van der Waals surface area contributed by atoms with Crippen LogP contribution < -0.4 is 5.32 Å². The number of fused-ring (bicyclic) bond motifs is 4. The Kier molecular flexibility index (Phi) is 3.75. The van der Waals surface area contributed by atoms with Gasteiger partial charge in [0, 0.05) is 0 Å². The van der Waals surface area contributed by atoms with Gasteiger partial charge in [0.1, 0.15) is 0 Å². The van der Waals surface area contributed by atoms with E-state index in [1.54, 1.807) is 24.3 Å². The molecule has 0 saturated carbocycles. The molecule has 0 radical (unpaired) electrons. The number of carbonyl (C=O) groups is 2. The van der Waals surface area contributed by atoms with Crippen molar-refractivity contribution in [3.05, 3.63) is 96.1 Å². The normalized spacial score (nSPS) is 12.5. The largest absolute Gasteiger partial charge is 0.288 e. The lowest BCUT2D eigenvalue weighted by atomic mass is 10.0. The lowest BCUT2D eigenvalue weighted by molar-refractivity contribution is 0.0879. The zero-order valence-corrected chi connectivity index (χ0v) is 13.4. The van der Waals surface area contributed by atoms with Crippen LogP contribution in [0.25, 0.3) is 21.5 Å². The molecule has 1 N–H and O–H groups in total. The zero-order valence-electron chi connectivity index (χ0n) is 13.4. The molecule has 0 spiro atoms.